The molecule has 1 amide bonds. The summed E-state index contributed by atoms with van der Waals surface area (Å²) in [5.41, 5.74) is 0.0509. The number of amides is 1. The van der Waals surface area contributed by atoms with Crippen molar-refractivity contribution in [2.75, 3.05) is 5.88 Å². The number of fused-ring (bicyclic) bond motifs is 1. The molecule has 1 saturated heterocycles. The highest BCUT2D eigenvalue weighted by Gasteiger charge is 2.43. The molecule has 2 atom stereocenters. The molecule has 2 aromatic rings. The number of halogens is 1. The van der Waals surface area contributed by atoms with Gasteiger partial charge in [-0.15, -0.1) is 0 Å². The van der Waals surface area contributed by atoms with Crippen LogP contribution < -0.4 is 4.74 Å². The van der Waals surface area contributed by atoms with E-state index >= 15 is 0 Å². The van der Waals surface area contributed by atoms with Gasteiger partial charge < -0.3 is 18.6 Å². The van der Waals surface area contributed by atoms with Crippen LogP contribution >= 0.6 is 0 Å². The van der Waals surface area contributed by atoms with E-state index in [1.54, 1.807) is 0 Å². The van der Waals surface area contributed by atoms with Crippen LogP contribution in [-0.4, -0.2) is 48.8 Å². The van der Waals surface area contributed by atoms with Crippen molar-refractivity contribution in [3.8, 4) is 11.7 Å². The van der Waals surface area contributed by atoms with Crippen molar-refractivity contribution in [2.24, 2.45) is 0 Å². The van der Waals surface area contributed by atoms with Crippen LogP contribution in [0.4, 0.5) is 9.18 Å². The number of hydroxylamine groups is 2. The minimum Gasteiger partial charge on any atom is -0.426 e. The van der Waals surface area contributed by atoms with Crippen molar-refractivity contribution >= 4 is 21.9 Å². The van der Waals surface area contributed by atoms with E-state index in [2.05, 4.69) is 0 Å². The molecule has 158 valence electrons. The van der Waals surface area contributed by atoms with Crippen LogP contribution in [0.25, 0.3) is 0 Å². The molecule has 0 spiro atoms. The fourth-order valence-electron chi connectivity index (χ4n) is 2.94. The quantitative estimate of drug-likeness (QED) is 0.409. The highest BCUT2D eigenvalue weighted by molar-refractivity contribution is 7.91. The molecule has 1 N–H and O–H groups in total. The Morgan fingerprint density at radius 3 is 2.63 bits per heavy atom. The second kappa shape index (κ2) is 7.46. The molecule has 1 aliphatic carbocycles. The summed E-state index contributed by atoms with van der Waals surface area (Å²) in [6.45, 7) is 0. The van der Waals surface area contributed by atoms with Gasteiger partial charge in [-0.05, 0) is 36.4 Å². The lowest BCUT2D eigenvalue weighted by atomic mass is 10.2. The SMILES string of the molecule is O=C1OC2C=C(C(=O)N(O)CS(=O)(=O)c3ccc(Oc4ccc(F)cc4)o3)CC2O1. The van der Waals surface area contributed by atoms with E-state index in [0.29, 0.717) is 0 Å². The summed E-state index contributed by atoms with van der Waals surface area (Å²) in [5, 5.41) is 9.45. The van der Waals surface area contributed by atoms with E-state index in [4.69, 9.17) is 18.6 Å². The van der Waals surface area contributed by atoms with Gasteiger partial charge in [0.25, 0.3) is 11.9 Å². The Kier molecular flexibility index (Phi) is 4.95. The predicted molar refractivity (Wildman–Crippen MR) is 93.7 cm³/mol. The molecule has 12 heteroatoms. The van der Waals surface area contributed by atoms with Gasteiger partial charge in [-0.3, -0.25) is 10.0 Å². The lowest BCUT2D eigenvalue weighted by Gasteiger charge is -2.15. The van der Waals surface area contributed by atoms with Gasteiger partial charge in [0, 0.05) is 18.1 Å². The van der Waals surface area contributed by atoms with Crippen molar-refractivity contribution in [3.05, 3.63) is 53.9 Å². The average molecular weight is 439 g/mol. The maximum absolute atomic E-state index is 12.9. The third-order valence-electron chi connectivity index (χ3n) is 4.33. The molecule has 10 nitrogen and oxygen atoms in total. The zero-order valence-electron chi connectivity index (χ0n) is 15.1. The normalized spacial score (nSPS) is 20.2. The zero-order valence-corrected chi connectivity index (χ0v) is 15.9. The van der Waals surface area contributed by atoms with E-state index in [1.807, 2.05) is 0 Å². The van der Waals surface area contributed by atoms with Crippen LogP contribution in [0.1, 0.15) is 6.42 Å². The number of rotatable bonds is 6. The van der Waals surface area contributed by atoms with Gasteiger partial charge in [0.05, 0.1) is 0 Å². The molecule has 2 aliphatic rings. The van der Waals surface area contributed by atoms with E-state index in [9.17, 15) is 27.6 Å². The molecular formula is C18H14FNO9S. The highest BCUT2D eigenvalue weighted by atomic mass is 32.2. The van der Waals surface area contributed by atoms with Crippen molar-refractivity contribution in [3.63, 3.8) is 0 Å². The molecule has 1 aliphatic heterocycles. The standard InChI is InChI=1S/C18H14FNO9S/c19-11-1-3-12(4-2-11)26-15-5-6-16(29-15)30(24,25)9-20(23)17(21)10-7-13-14(8-10)28-18(22)27-13/h1-7,13-14,23H,8-9H2. The monoisotopic (exact) mass is 439 g/mol. The molecule has 30 heavy (non-hydrogen) atoms. The summed E-state index contributed by atoms with van der Waals surface area (Å²) in [6.07, 6.45) is -0.999. The van der Waals surface area contributed by atoms with Crippen molar-refractivity contribution in [1.82, 2.24) is 5.06 Å². The van der Waals surface area contributed by atoms with Crippen molar-refractivity contribution < 1.29 is 46.2 Å². The minimum absolute atomic E-state index is 0.0112. The van der Waals surface area contributed by atoms with Crippen LogP contribution in [0.15, 0.2) is 57.6 Å². The number of hydrogen-bond acceptors (Lipinski definition) is 9. The summed E-state index contributed by atoms with van der Waals surface area (Å²) in [5.74, 6) is -2.48. The molecule has 2 unspecified atom stereocenters. The number of furan rings is 1. The number of carbonyl (C=O) groups excluding carboxylic acids is 2. The first kappa shape index (κ1) is 19.9. The lowest BCUT2D eigenvalue weighted by Crippen LogP contribution is -2.33. The Morgan fingerprint density at radius 2 is 1.93 bits per heavy atom. The highest BCUT2D eigenvalue weighted by Crippen LogP contribution is 2.31. The number of benzene rings is 1. The minimum atomic E-state index is -4.24. The van der Waals surface area contributed by atoms with E-state index in [0.717, 1.165) is 18.2 Å². The Balaban J connectivity index is 1.41. The second-order valence-corrected chi connectivity index (χ2v) is 8.35. The molecule has 1 aromatic carbocycles. The fourth-order valence-corrected chi connectivity index (χ4v) is 3.99. The molecule has 1 aromatic heterocycles. The van der Waals surface area contributed by atoms with Crippen LogP contribution in [0.2, 0.25) is 0 Å². The Morgan fingerprint density at radius 1 is 1.20 bits per heavy atom. The van der Waals surface area contributed by atoms with Gasteiger partial charge in [-0.2, -0.15) is 0 Å². The number of carbonyl (C=O) groups is 2. The zero-order chi connectivity index (χ0) is 21.5. The number of ether oxygens (including phenoxy) is 3. The molecule has 2 heterocycles. The average Bonchev–Trinajstić information content (AvgIpc) is 3.37. The molecule has 0 saturated carbocycles. The van der Waals surface area contributed by atoms with Crippen LogP contribution in [0, 0.1) is 5.82 Å². The topological polar surface area (TPSA) is 133 Å². The molecule has 4 rings (SSSR count). The van der Waals surface area contributed by atoms with E-state index in [-0.39, 0.29) is 28.8 Å². The summed E-state index contributed by atoms with van der Waals surface area (Å²) in [4.78, 5) is 23.3. The lowest BCUT2D eigenvalue weighted by molar-refractivity contribution is -0.156. The van der Waals surface area contributed by atoms with Gasteiger partial charge >= 0.3 is 6.16 Å². The third-order valence-corrected chi connectivity index (χ3v) is 5.75. The first-order chi connectivity index (χ1) is 14.2. The molecule has 0 radical (unpaired) electrons. The third kappa shape index (κ3) is 4.00. The number of sulfone groups is 1. The number of nitrogens with zero attached hydrogens (tertiary/aromatic N) is 1. The summed E-state index contributed by atoms with van der Waals surface area (Å²) in [6, 6.07) is 7.29. The smallest absolute Gasteiger partial charge is 0.426 e. The van der Waals surface area contributed by atoms with Crippen molar-refractivity contribution in [1.29, 1.82) is 0 Å². The van der Waals surface area contributed by atoms with Crippen molar-refractivity contribution in [2.45, 2.75) is 23.7 Å². The van der Waals surface area contributed by atoms with Crippen LogP contribution in [0.5, 0.6) is 11.7 Å². The van der Waals surface area contributed by atoms with Gasteiger partial charge in [0.15, 0.2) is 18.1 Å². The Hall–Kier alpha value is -3.38. The molecule has 0 bridgehead atoms. The number of hydrogen-bond donors (Lipinski definition) is 1. The Bertz CT molecular complexity index is 1120. The second-order valence-electron chi connectivity index (χ2n) is 6.46. The first-order valence-electron chi connectivity index (χ1n) is 8.56. The predicted octanol–water partition coefficient (Wildman–Crippen LogP) is 2.39. The molecule has 1 fully saturated rings. The van der Waals surface area contributed by atoms with E-state index < -0.39 is 50.9 Å². The van der Waals surface area contributed by atoms with Crippen LogP contribution in [-0.2, 0) is 24.1 Å². The largest absolute Gasteiger partial charge is 0.509 e. The summed E-state index contributed by atoms with van der Waals surface area (Å²) >= 11 is 0. The van der Waals surface area contributed by atoms with Gasteiger partial charge in [-0.25, -0.2) is 22.7 Å². The van der Waals surface area contributed by atoms with E-state index in [1.165, 1.54) is 24.3 Å². The summed E-state index contributed by atoms with van der Waals surface area (Å²) < 4.78 is 57.9. The van der Waals surface area contributed by atoms with Crippen LogP contribution in [0.3, 0.4) is 0 Å². The maximum Gasteiger partial charge on any atom is 0.509 e. The fraction of sp³-hybridized carbons (Fsp3) is 0.222. The summed E-state index contributed by atoms with van der Waals surface area (Å²) in [7, 11) is -4.24. The van der Waals surface area contributed by atoms with Gasteiger partial charge in [0.2, 0.25) is 14.9 Å². The molecular weight excluding hydrogens is 425 g/mol. The maximum atomic E-state index is 12.9. The Labute approximate surface area is 168 Å². The first-order valence-corrected chi connectivity index (χ1v) is 10.2. The van der Waals surface area contributed by atoms with Gasteiger partial charge in [0.1, 0.15) is 11.6 Å². The van der Waals surface area contributed by atoms with Gasteiger partial charge in [-0.1, -0.05) is 0 Å².